The molecule has 0 N–H and O–H groups in total. The number of hydrogen-bond acceptors (Lipinski definition) is 10. The summed E-state index contributed by atoms with van der Waals surface area (Å²) in [6, 6.07) is 122. The second-order valence-corrected chi connectivity index (χ2v) is 30.4. The van der Waals surface area contributed by atoms with Crippen LogP contribution in [0.4, 0.5) is 0 Å². The molecule has 548 valence electrons. The van der Waals surface area contributed by atoms with Crippen molar-refractivity contribution < 1.29 is 26.5 Å². The first-order valence-electron chi connectivity index (χ1n) is 39.6. The Bertz CT molecular complexity index is 8960. The van der Waals surface area contributed by atoms with Crippen LogP contribution in [-0.2, 0) is 0 Å². The Hall–Kier alpha value is -16.2. The van der Waals surface area contributed by atoms with Crippen molar-refractivity contribution in [1.82, 2.24) is 29.1 Å². The minimum absolute atomic E-state index is 0.555. The molecule has 0 aliphatic heterocycles. The number of hydrogen-bond donors (Lipinski definition) is 0. The minimum atomic E-state index is 0.555. The molecule has 0 unspecified atom stereocenters. The van der Waals surface area contributed by atoms with Gasteiger partial charge in [-0.3, -0.25) is 9.13 Å². The summed E-state index contributed by atoms with van der Waals surface area (Å²) in [6.07, 6.45) is 0. The summed E-state index contributed by atoms with van der Waals surface area (Å²) in [5.41, 5.74) is 24.9. The summed E-state index contributed by atoms with van der Waals surface area (Å²) < 4.78 is 44.6. The van der Waals surface area contributed by atoms with Crippen LogP contribution in [0, 0.1) is 0 Å². The summed E-state index contributed by atoms with van der Waals surface area (Å²) in [5, 5.41) is 19.2. The number of benzene rings is 17. The van der Waals surface area contributed by atoms with E-state index in [1.807, 2.05) is 84.9 Å². The Morgan fingerprint density at radius 2 is 0.508 bits per heavy atom. The number of aromatic nitrogens is 6. The van der Waals surface area contributed by atoms with E-state index in [0.717, 1.165) is 242 Å². The Labute approximate surface area is 668 Å². The first kappa shape index (κ1) is 64.4. The van der Waals surface area contributed by atoms with E-state index in [1.54, 1.807) is 0 Å². The smallest absolute Gasteiger partial charge is 0.236 e. The van der Waals surface area contributed by atoms with Crippen LogP contribution in [0.15, 0.2) is 378 Å². The normalized spacial score (nSPS) is 12.2. The van der Waals surface area contributed by atoms with Gasteiger partial charge >= 0.3 is 0 Å². The van der Waals surface area contributed by atoms with Crippen LogP contribution in [0.1, 0.15) is 0 Å². The molecule has 0 spiro atoms. The highest BCUT2D eigenvalue weighted by atomic mass is 16.4. The predicted octanol–water partition coefficient (Wildman–Crippen LogP) is 29.2. The Morgan fingerprint density at radius 3 is 0.966 bits per heavy atom. The number of furan rings is 6. The van der Waals surface area contributed by atoms with E-state index < -0.39 is 0 Å². The summed E-state index contributed by atoms with van der Waals surface area (Å²) in [6.45, 7) is 0. The molecule has 0 bridgehead atoms. The van der Waals surface area contributed by atoms with Crippen LogP contribution in [0.25, 0.3) is 265 Å². The highest BCUT2D eigenvalue weighted by Gasteiger charge is 2.29. The third-order valence-corrected chi connectivity index (χ3v) is 24.1. The molecule has 12 heteroatoms. The van der Waals surface area contributed by atoms with E-state index in [-0.39, 0.29) is 0 Å². The van der Waals surface area contributed by atoms with Gasteiger partial charge in [0, 0.05) is 86.9 Å². The van der Waals surface area contributed by atoms with Crippen LogP contribution in [0.5, 0.6) is 0 Å². The third-order valence-electron chi connectivity index (χ3n) is 24.1. The second kappa shape index (κ2) is 24.7. The topological polar surface area (TPSA) is 140 Å². The van der Waals surface area contributed by atoms with Gasteiger partial charge in [-0.25, -0.2) is 19.9 Å². The highest BCUT2D eigenvalue weighted by Crippen LogP contribution is 2.51. The number of nitrogens with zero attached hydrogens (tertiary/aromatic N) is 6. The molecule has 10 heterocycles. The van der Waals surface area contributed by atoms with Gasteiger partial charge in [-0.2, -0.15) is 0 Å². The molecule has 118 heavy (non-hydrogen) atoms. The van der Waals surface area contributed by atoms with E-state index >= 15 is 0 Å². The first-order valence-corrected chi connectivity index (χ1v) is 39.6. The van der Waals surface area contributed by atoms with Crippen molar-refractivity contribution in [3.8, 4) is 67.8 Å². The maximum absolute atomic E-state index is 7.12. The number of rotatable bonds is 7. The average molecular weight is 1510 g/mol. The van der Waals surface area contributed by atoms with Gasteiger partial charge in [0.25, 0.3) is 0 Å². The fourth-order valence-corrected chi connectivity index (χ4v) is 18.9. The largest absolute Gasteiger partial charge is 0.455 e. The Balaban J connectivity index is 0.000000129. The van der Waals surface area contributed by atoms with Gasteiger partial charge in [0.2, 0.25) is 11.9 Å². The molecule has 0 aliphatic carbocycles. The lowest BCUT2D eigenvalue weighted by Crippen LogP contribution is -2.02. The standard InChI is InChI=1S/C56H31N3O3.C50H27N3O3/c1-2-13-32(14-3-1)33-25-27-34(28-26-33)51-55-52(41-19-8-11-24-47(41)61-55)58-56(57-51)59-44-22-9-6-18-40(44)50-45(59)30-29-42-49-37-17-5-4-15-35(37)43(31-48(49)62-54(42)50)39-21-12-20-38-36-16-7-10-23-46(36)60-53(38)39;1-2-13-28(14-3-1)45-49-46(35-19-8-11-24-41(35)55-49)52-50(51-45)53-38-22-9-6-18-34(38)44-39(53)26-25-36-43-31-17-5-4-15-29(31)37(27-42(43)56-48(36)44)33-21-12-20-32-30-16-7-10-23-40(30)54-47(32)33/h1-31H;1-27H. The van der Waals surface area contributed by atoms with Gasteiger partial charge in [0.15, 0.2) is 11.2 Å². The molecule has 0 radical (unpaired) electrons. The first-order chi connectivity index (χ1) is 58.5. The molecule has 27 aromatic rings. The fourth-order valence-electron chi connectivity index (χ4n) is 18.9. The molecule has 0 atom stereocenters. The van der Waals surface area contributed by atoms with Crippen molar-refractivity contribution in [2.24, 2.45) is 0 Å². The molecule has 0 fully saturated rings. The molecule has 0 saturated heterocycles. The molecule has 12 nitrogen and oxygen atoms in total. The molecule has 0 amide bonds. The number of para-hydroxylation sites is 8. The Kier molecular flexibility index (Phi) is 13.5. The third kappa shape index (κ3) is 9.30. The molecule has 17 aromatic carbocycles. The van der Waals surface area contributed by atoms with Crippen LogP contribution in [0.3, 0.4) is 0 Å². The quantitative estimate of drug-likeness (QED) is 0.151. The van der Waals surface area contributed by atoms with Crippen molar-refractivity contribution in [1.29, 1.82) is 0 Å². The number of fused-ring (bicyclic) bond motifs is 30. The molecule has 27 rings (SSSR count). The zero-order valence-electron chi connectivity index (χ0n) is 62.6. The lowest BCUT2D eigenvalue weighted by atomic mass is 9.93. The molecule has 0 aliphatic rings. The highest BCUT2D eigenvalue weighted by molar-refractivity contribution is 6.32. The van der Waals surface area contributed by atoms with Gasteiger partial charge in [0.1, 0.15) is 78.3 Å². The van der Waals surface area contributed by atoms with Gasteiger partial charge < -0.3 is 26.5 Å². The lowest BCUT2D eigenvalue weighted by Gasteiger charge is -2.10. The van der Waals surface area contributed by atoms with Crippen LogP contribution in [-0.4, -0.2) is 29.1 Å². The summed E-state index contributed by atoms with van der Waals surface area (Å²) in [4.78, 5) is 21.2. The Morgan fingerprint density at radius 1 is 0.178 bits per heavy atom. The summed E-state index contributed by atoms with van der Waals surface area (Å²) >= 11 is 0. The van der Waals surface area contributed by atoms with E-state index in [1.165, 1.54) is 0 Å². The predicted molar refractivity (Wildman–Crippen MR) is 479 cm³/mol. The fraction of sp³-hybridized carbons (Fsp3) is 0. The van der Waals surface area contributed by atoms with Crippen molar-refractivity contribution in [2.45, 2.75) is 0 Å². The van der Waals surface area contributed by atoms with Crippen molar-refractivity contribution in [3.05, 3.63) is 352 Å². The van der Waals surface area contributed by atoms with Gasteiger partial charge in [-0.1, -0.05) is 267 Å². The molecule has 10 aromatic heterocycles. The molecular formula is C106H58N6O6. The van der Waals surface area contributed by atoms with Crippen molar-refractivity contribution >= 4 is 197 Å². The maximum Gasteiger partial charge on any atom is 0.236 e. The summed E-state index contributed by atoms with van der Waals surface area (Å²) in [5.74, 6) is 1.12. The molecular weight excluding hydrogens is 1450 g/mol. The van der Waals surface area contributed by atoms with Gasteiger partial charge in [-0.15, -0.1) is 0 Å². The van der Waals surface area contributed by atoms with Gasteiger partial charge in [0.05, 0.1) is 32.8 Å². The minimum Gasteiger partial charge on any atom is -0.455 e. The van der Waals surface area contributed by atoms with Crippen molar-refractivity contribution in [2.75, 3.05) is 0 Å². The summed E-state index contributed by atoms with van der Waals surface area (Å²) in [7, 11) is 0. The lowest BCUT2D eigenvalue weighted by molar-refractivity contribution is 0.666. The van der Waals surface area contributed by atoms with Crippen LogP contribution < -0.4 is 0 Å². The zero-order valence-corrected chi connectivity index (χ0v) is 62.6. The zero-order chi connectivity index (χ0) is 77.0. The monoisotopic (exact) mass is 1510 g/mol. The average Bonchev–Trinajstić information content (AvgIpc) is 1.55. The second-order valence-electron chi connectivity index (χ2n) is 30.4. The van der Waals surface area contributed by atoms with Crippen LogP contribution >= 0.6 is 0 Å². The maximum atomic E-state index is 7.12. The van der Waals surface area contributed by atoms with E-state index in [2.05, 4.69) is 276 Å². The van der Waals surface area contributed by atoms with Crippen LogP contribution in [0.2, 0.25) is 0 Å². The van der Waals surface area contributed by atoms with Crippen molar-refractivity contribution in [3.63, 3.8) is 0 Å². The van der Waals surface area contributed by atoms with E-state index in [0.29, 0.717) is 23.1 Å². The SMILES string of the molecule is c1ccc(-c2ccc(-c3nc(-n4c5ccccc5c5c6oc7cc(-c8cccc9c8oc8ccccc89)c8ccccc8c7c6ccc54)nc4c3oc3ccccc34)cc2)cc1.c1ccc(-c2nc(-n3c4ccccc4c4c5oc6cc(-c7cccc8c7oc7ccccc78)c7ccccc7c6c5ccc43)nc3c2oc2ccccc23)cc1. The van der Waals surface area contributed by atoms with E-state index in [9.17, 15) is 0 Å². The van der Waals surface area contributed by atoms with Gasteiger partial charge in [-0.05, 0) is 129 Å². The molecule has 0 saturated carbocycles. The van der Waals surface area contributed by atoms with E-state index in [4.69, 9.17) is 46.4 Å².